The third-order valence-corrected chi connectivity index (χ3v) is 7.86. The summed E-state index contributed by atoms with van der Waals surface area (Å²) in [6.07, 6.45) is 4.73. The van der Waals surface area contributed by atoms with Gasteiger partial charge in [0.15, 0.2) is 5.82 Å². The second-order valence-electron chi connectivity index (χ2n) is 10.7. The van der Waals surface area contributed by atoms with Crippen molar-refractivity contribution in [1.82, 2.24) is 34.4 Å². The van der Waals surface area contributed by atoms with Crippen LogP contribution in [0, 0.1) is 26.2 Å². The van der Waals surface area contributed by atoms with Crippen LogP contribution in [0.4, 0.5) is 5.82 Å². The topological polar surface area (TPSA) is 77.1 Å². The second kappa shape index (κ2) is 9.94. The lowest BCUT2D eigenvalue weighted by atomic mass is 9.78. The molecule has 0 aliphatic carbocycles. The Morgan fingerprint density at radius 2 is 1.69 bits per heavy atom. The minimum atomic E-state index is 0.533. The van der Waals surface area contributed by atoms with E-state index in [1.807, 2.05) is 25.6 Å². The van der Waals surface area contributed by atoms with Gasteiger partial charge in [0, 0.05) is 62.9 Å². The monoisotopic (exact) mass is 492 g/mol. The fourth-order valence-electron chi connectivity index (χ4n) is 6.08. The van der Waals surface area contributed by atoms with E-state index in [0.29, 0.717) is 5.41 Å². The summed E-state index contributed by atoms with van der Waals surface area (Å²) in [5.41, 5.74) is 7.39. The fraction of sp³-hybridized carbons (Fsp3) is 0.630. The summed E-state index contributed by atoms with van der Waals surface area (Å²) in [5.74, 6) is 1.79. The summed E-state index contributed by atoms with van der Waals surface area (Å²) < 4.78 is 9.58. The van der Waals surface area contributed by atoms with Crippen LogP contribution in [0.25, 0.3) is 11.0 Å². The van der Waals surface area contributed by atoms with E-state index in [9.17, 15) is 0 Å². The van der Waals surface area contributed by atoms with Crippen LogP contribution in [-0.4, -0.2) is 73.8 Å². The molecule has 0 radical (unpaired) electrons. The van der Waals surface area contributed by atoms with Crippen molar-refractivity contribution in [3.8, 4) is 0 Å². The molecule has 9 nitrogen and oxygen atoms in total. The minimum Gasteiger partial charge on any atom is -0.380 e. The Balaban J connectivity index is 0.00000130. The first-order valence-corrected chi connectivity index (χ1v) is 13.2. The van der Waals surface area contributed by atoms with Crippen molar-refractivity contribution in [2.75, 3.05) is 44.3 Å². The van der Waals surface area contributed by atoms with E-state index in [4.69, 9.17) is 14.8 Å². The largest absolute Gasteiger partial charge is 0.380 e. The number of aryl methyl sites for hydroxylation is 5. The quantitative estimate of drug-likeness (QED) is 0.370. The van der Waals surface area contributed by atoms with E-state index < -0.39 is 0 Å². The maximum absolute atomic E-state index is 5.38. The van der Waals surface area contributed by atoms with Crippen LogP contribution in [0.5, 0.6) is 0 Å². The predicted molar refractivity (Wildman–Crippen MR) is 142 cm³/mol. The molecule has 0 N–H and O–H groups in total. The van der Waals surface area contributed by atoms with Crippen LogP contribution in [0.15, 0.2) is 13.2 Å². The number of rotatable bonds is 7. The van der Waals surface area contributed by atoms with E-state index in [1.165, 1.54) is 50.2 Å². The summed E-state index contributed by atoms with van der Waals surface area (Å²) in [6.45, 7) is 20.6. The molecule has 6 heterocycles. The fourth-order valence-corrected chi connectivity index (χ4v) is 6.08. The number of anilines is 1. The number of likely N-dealkylation sites (tertiary alicyclic amines) is 1. The molecule has 6 rings (SSSR count). The molecule has 1 spiro atoms. The molecule has 3 aromatic heterocycles. The molecule has 0 atom stereocenters. The van der Waals surface area contributed by atoms with Crippen molar-refractivity contribution in [1.29, 1.82) is 0 Å². The summed E-state index contributed by atoms with van der Waals surface area (Å²) in [7, 11) is 1.98. The zero-order chi connectivity index (χ0) is 25.4. The highest BCUT2D eigenvalue weighted by Gasteiger charge is 2.48. The lowest BCUT2D eigenvalue weighted by Crippen LogP contribution is -2.65. The zero-order valence-electron chi connectivity index (χ0n) is 22.4. The Hall–Kier alpha value is -2.78. The zero-order valence-corrected chi connectivity index (χ0v) is 22.4. The molecule has 9 heteroatoms. The van der Waals surface area contributed by atoms with Gasteiger partial charge in [0.1, 0.15) is 16.9 Å². The molecular weight excluding hydrogens is 452 g/mol. The Bertz CT molecular complexity index is 1230. The minimum absolute atomic E-state index is 0.533. The molecule has 36 heavy (non-hydrogen) atoms. The van der Waals surface area contributed by atoms with Crippen molar-refractivity contribution in [3.05, 3.63) is 41.6 Å². The summed E-state index contributed by atoms with van der Waals surface area (Å²) in [5, 5.41) is 9.53. The average molecular weight is 493 g/mol. The molecule has 3 aromatic rings. The van der Waals surface area contributed by atoms with Gasteiger partial charge >= 0.3 is 0 Å². The van der Waals surface area contributed by atoms with Crippen LogP contribution in [0.3, 0.4) is 0 Å². The Labute approximate surface area is 214 Å². The summed E-state index contributed by atoms with van der Waals surface area (Å²) in [4.78, 5) is 14.5. The smallest absolute Gasteiger partial charge is 0.158 e. The van der Waals surface area contributed by atoms with Crippen molar-refractivity contribution in [2.45, 2.75) is 59.5 Å². The van der Waals surface area contributed by atoms with Gasteiger partial charge in [-0.1, -0.05) is 6.42 Å². The standard InChI is InChI=1S/C25H36N8O.C2H4/c1-17-20-12-32(24-23-22(26-19(3)27-24)18(2)28-30(23)4)11-8-21(20)33(29-17)10-7-5-6-9-31-13-25(14-31)15-34-16-25;1-2/h5-16H2,1-4H3;1-2H2. The highest BCUT2D eigenvalue weighted by Crippen LogP contribution is 2.37. The molecule has 2 saturated heterocycles. The molecular formula is C27H40N8O. The first kappa shape index (κ1) is 24.9. The summed E-state index contributed by atoms with van der Waals surface area (Å²) >= 11 is 0. The maximum Gasteiger partial charge on any atom is 0.158 e. The van der Waals surface area contributed by atoms with E-state index in [1.54, 1.807) is 0 Å². The van der Waals surface area contributed by atoms with E-state index in [-0.39, 0.29) is 0 Å². The molecule has 3 aliphatic rings. The third kappa shape index (κ3) is 4.43. The Kier molecular flexibility index (Phi) is 6.87. The van der Waals surface area contributed by atoms with Crippen molar-refractivity contribution in [3.63, 3.8) is 0 Å². The number of fused-ring (bicyclic) bond motifs is 2. The van der Waals surface area contributed by atoms with Crippen LogP contribution < -0.4 is 4.90 Å². The van der Waals surface area contributed by atoms with Crippen LogP contribution in [0.2, 0.25) is 0 Å². The van der Waals surface area contributed by atoms with Crippen LogP contribution in [0.1, 0.15) is 47.7 Å². The highest BCUT2D eigenvalue weighted by atomic mass is 16.5. The van der Waals surface area contributed by atoms with Gasteiger partial charge in [0.05, 0.1) is 24.6 Å². The van der Waals surface area contributed by atoms with Gasteiger partial charge in [0.25, 0.3) is 0 Å². The van der Waals surface area contributed by atoms with Gasteiger partial charge in [-0.2, -0.15) is 10.2 Å². The van der Waals surface area contributed by atoms with Crippen molar-refractivity contribution < 1.29 is 4.74 Å². The lowest BCUT2D eigenvalue weighted by molar-refractivity contribution is -0.188. The maximum atomic E-state index is 5.38. The predicted octanol–water partition coefficient (Wildman–Crippen LogP) is 3.35. The van der Waals surface area contributed by atoms with E-state index >= 15 is 0 Å². The summed E-state index contributed by atoms with van der Waals surface area (Å²) in [6, 6.07) is 0. The van der Waals surface area contributed by atoms with Gasteiger partial charge in [-0.3, -0.25) is 9.36 Å². The molecule has 0 amide bonds. The second-order valence-corrected chi connectivity index (χ2v) is 10.7. The van der Waals surface area contributed by atoms with Crippen LogP contribution in [-0.2, 0) is 31.3 Å². The molecule has 0 unspecified atom stereocenters. The van der Waals surface area contributed by atoms with Gasteiger partial charge in [0.2, 0.25) is 0 Å². The molecule has 0 saturated carbocycles. The van der Waals surface area contributed by atoms with E-state index in [2.05, 4.69) is 44.6 Å². The van der Waals surface area contributed by atoms with Crippen molar-refractivity contribution >= 4 is 16.9 Å². The van der Waals surface area contributed by atoms with Gasteiger partial charge < -0.3 is 14.5 Å². The number of ether oxygens (including phenoxy) is 1. The van der Waals surface area contributed by atoms with Crippen LogP contribution >= 0.6 is 0 Å². The first-order valence-electron chi connectivity index (χ1n) is 13.2. The van der Waals surface area contributed by atoms with Gasteiger partial charge in [-0.25, -0.2) is 9.97 Å². The molecule has 0 aromatic carbocycles. The van der Waals surface area contributed by atoms with Crippen molar-refractivity contribution in [2.24, 2.45) is 12.5 Å². The number of aromatic nitrogens is 6. The number of unbranched alkanes of at least 4 members (excludes halogenated alkanes) is 2. The molecule has 3 aliphatic heterocycles. The number of hydrogen-bond donors (Lipinski definition) is 0. The third-order valence-electron chi connectivity index (χ3n) is 7.86. The highest BCUT2D eigenvalue weighted by molar-refractivity contribution is 5.88. The van der Waals surface area contributed by atoms with Gasteiger partial charge in [-0.15, -0.1) is 13.2 Å². The molecule has 0 bridgehead atoms. The Morgan fingerprint density at radius 3 is 2.42 bits per heavy atom. The average Bonchev–Trinajstić information content (AvgIpc) is 3.29. The number of hydrogen-bond acceptors (Lipinski definition) is 7. The van der Waals surface area contributed by atoms with E-state index in [0.717, 1.165) is 73.3 Å². The SMILES string of the molecule is C=C.Cc1nc(N2CCc3c(c(C)nn3CCCCCN3CC4(COC4)C3)C2)c2c(n1)c(C)nn2C. The first-order chi connectivity index (χ1) is 17.4. The normalized spacial score (nSPS) is 18.5. The molecule has 2 fully saturated rings. The Morgan fingerprint density at radius 1 is 0.944 bits per heavy atom. The van der Waals surface area contributed by atoms with Gasteiger partial charge in [-0.05, 0) is 40.2 Å². The number of nitrogens with zero attached hydrogens (tertiary/aromatic N) is 8. The molecule has 194 valence electrons. The lowest BCUT2D eigenvalue weighted by Gasteiger charge is -2.55.